The first-order valence-electron chi connectivity index (χ1n) is 10.3. The fourth-order valence-electron chi connectivity index (χ4n) is 3.63. The quantitative estimate of drug-likeness (QED) is 0.316. The summed E-state index contributed by atoms with van der Waals surface area (Å²) in [5.41, 5.74) is 4.35. The fourth-order valence-corrected chi connectivity index (χ4v) is 4.56. The lowest BCUT2D eigenvalue weighted by molar-refractivity contribution is -0.118. The number of nitrogens with zero attached hydrogens (tertiary/aromatic N) is 5. The highest BCUT2D eigenvalue weighted by atomic mass is 35.5. The van der Waals surface area contributed by atoms with Gasteiger partial charge in [0.15, 0.2) is 11.0 Å². The first-order chi connectivity index (χ1) is 15.2. The summed E-state index contributed by atoms with van der Waals surface area (Å²) in [6.45, 7) is 0. The average molecular weight is 455 g/mol. The molecule has 1 saturated carbocycles. The van der Waals surface area contributed by atoms with Crippen LogP contribution in [0.25, 0.3) is 11.4 Å². The molecule has 1 aliphatic rings. The number of thioether (sulfide) groups is 1. The SMILES string of the molecule is O=C(CSc1nnc(-c2ccc(Cl)cc2)n1C1CCCCC1)N/N=C\c1cccnc1. The van der Waals surface area contributed by atoms with Gasteiger partial charge in [0.05, 0.1) is 12.0 Å². The van der Waals surface area contributed by atoms with Crippen molar-refractivity contribution in [2.75, 3.05) is 5.75 Å². The topological polar surface area (TPSA) is 85.1 Å². The van der Waals surface area contributed by atoms with E-state index in [-0.39, 0.29) is 11.7 Å². The van der Waals surface area contributed by atoms with Crippen LogP contribution in [-0.2, 0) is 4.79 Å². The lowest BCUT2D eigenvalue weighted by Crippen LogP contribution is -2.20. The van der Waals surface area contributed by atoms with Crippen LogP contribution in [0.4, 0.5) is 0 Å². The summed E-state index contributed by atoms with van der Waals surface area (Å²) in [6, 6.07) is 11.6. The van der Waals surface area contributed by atoms with Crippen molar-refractivity contribution >= 4 is 35.5 Å². The molecule has 0 saturated heterocycles. The predicted molar refractivity (Wildman–Crippen MR) is 123 cm³/mol. The molecule has 31 heavy (non-hydrogen) atoms. The van der Waals surface area contributed by atoms with E-state index >= 15 is 0 Å². The first kappa shape index (κ1) is 21.5. The zero-order valence-electron chi connectivity index (χ0n) is 16.9. The van der Waals surface area contributed by atoms with Crippen LogP contribution in [0.2, 0.25) is 5.02 Å². The van der Waals surface area contributed by atoms with Crippen molar-refractivity contribution in [1.82, 2.24) is 25.2 Å². The minimum absolute atomic E-state index is 0.198. The second kappa shape index (κ2) is 10.5. The molecule has 0 aliphatic heterocycles. The Kier molecular flexibility index (Phi) is 7.32. The molecule has 1 aromatic carbocycles. The molecule has 2 aromatic heterocycles. The van der Waals surface area contributed by atoms with Gasteiger partial charge in [-0.15, -0.1) is 10.2 Å². The van der Waals surface area contributed by atoms with E-state index in [1.807, 2.05) is 36.4 Å². The van der Waals surface area contributed by atoms with Gasteiger partial charge in [-0.3, -0.25) is 14.3 Å². The molecule has 0 spiro atoms. The molecule has 0 radical (unpaired) electrons. The zero-order chi connectivity index (χ0) is 21.5. The van der Waals surface area contributed by atoms with E-state index in [4.69, 9.17) is 11.6 Å². The monoisotopic (exact) mass is 454 g/mol. The van der Waals surface area contributed by atoms with E-state index in [9.17, 15) is 4.79 Å². The summed E-state index contributed by atoms with van der Waals surface area (Å²) in [5, 5.41) is 14.3. The van der Waals surface area contributed by atoms with Gasteiger partial charge >= 0.3 is 0 Å². The van der Waals surface area contributed by atoms with Crippen LogP contribution < -0.4 is 5.43 Å². The third-order valence-corrected chi connectivity index (χ3v) is 6.32. The van der Waals surface area contributed by atoms with Crippen LogP contribution in [0.1, 0.15) is 43.7 Å². The Labute approximate surface area is 190 Å². The maximum atomic E-state index is 12.3. The van der Waals surface area contributed by atoms with Crippen LogP contribution in [0, 0.1) is 0 Å². The van der Waals surface area contributed by atoms with Crippen LogP contribution in [0.15, 0.2) is 59.0 Å². The Morgan fingerprint density at radius 1 is 1.19 bits per heavy atom. The maximum Gasteiger partial charge on any atom is 0.250 e. The van der Waals surface area contributed by atoms with Crippen molar-refractivity contribution in [2.24, 2.45) is 5.10 Å². The molecule has 4 rings (SSSR count). The largest absolute Gasteiger partial charge is 0.299 e. The third kappa shape index (κ3) is 5.71. The second-order valence-corrected chi connectivity index (χ2v) is 8.72. The van der Waals surface area contributed by atoms with Crippen molar-refractivity contribution in [3.05, 3.63) is 59.4 Å². The number of hydrogen-bond acceptors (Lipinski definition) is 6. The Morgan fingerprint density at radius 3 is 2.74 bits per heavy atom. The second-order valence-electron chi connectivity index (χ2n) is 7.34. The standard InChI is InChI=1S/C22H23ClN6OS/c23-18-10-8-17(9-11-18)21-27-28-22(29(21)19-6-2-1-3-7-19)31-15-20(30)26-25-14-16-5-4-12-24-13-16/h4-5,8-14,19H,1-3,6-7,15H2,(H,26,30)/b25-14-. The molecular formula is C22H23ClN6OS. The zero-order valence-corrected chi connectivity index (χ0v) is 18.5. The molecule has 0 unspecified atom stereocenters. The lowest BCUT2D eigenvalue weighted by Gasteiger charge is -2.25. The summed E-state index contributed by atoms with van der Waals surface area (Å²) in [7, 11) is 0. The molecule has 1 fully saturated rings. The Morgan fingerprint density at radius 2 is 2.00 bits per heavy atom. The average Bonchev–Trinajstić information content (AvgIpc) is 3.23. The van der Waals surface area contributed by atoms with Crippen molar-refractivity contribution in [1.29, 1.82) is 0 Å². The molecule has 160 valence electrons. The highest BCUT2D eigenvalue weighted by Gasteiger charge is 2.24. The Hall–Kier alpha value is -2.71. The summed E-state index contributed by atoms with van der Waals surface area (Å²) < 4.78 is 2.19. The molecule has 9 heteroatoms. The number of nitrogens with one attached hydrogen (secondary N) is 1. The molecule has 1 aliphatic carbocycles. The predicted octanol–water partition coefficient (Wildman–Crippen LogP) is 4.74. The molecule has 0 atom stereocenters. The number of hydrazone groups is 1. The summed E-state index contributed by atoms with van der Waals surface area (Å²) >= 11 is 7.43. The minimum atomic E-state index is -0.198. The van der Waals surface area contributed by atoms with Gasteiger partial charge in [0.25, 0.3) is 5.91 Å². The lowest BCUT2D eigenvalue weighted by atomic mass is 9.95. The first-order valence-corrected chi connectivity index (χ1v) is 11.6. The highest BCUT2D eigenvalue weighted by Crippen LogP contribution is 2.35. The molecular weight excluding hydrogens is 432 g/mol. The summed E-state index contributed by atoms with van der Waals surface area (Å²) in [4.78, 5) is 16.3. The van der Waals surface area contributed by atoms with E-state index in [1.54, 1.807) is 18.6 Å². The number of pyridine rings is 1. The van der Waals surface area contributed by atoms with Gasteiger partial charge in [0, 0.05) is 34.6 Å². The van der Waals surface area contributed by atoms with Gasteiger partial charge < -0.3 is 0 Å². The molecule has 0 bridgehead atoms. The number of carbonyl (C=O) groups is 1. The number of aromatic nitrogens is 4. The van der Waals surface area contributed by atoms with Gasteiger partial charge in [-0.1, -0.05) is 48.7 Å². The number of rotatable bonds is 7. The van der Waals surface area contributed by atoms with Gasteiger partial charge in [-0.05, 0) is 43.2 Å². The van der Waals surface area contributed by atoms with Crippen LogP contribution in [0.3, 0.4) is 0 Å². The number of benzene rings is 1. The Bertz CT molecular complexity index is 1030. The molecule has 2 heterocycles. The fraction of sp³-hybridized carbons (Fsp3) is 0.318. The summed E-state index contributed by atoms with van der Waals surface area (Å²) in [6.07, 6.45) is 10.8. The third-order valence-electron chi connectivity index (χ3n) is 5.13. The van der Waals surface area contributed by atoms with Gasteiger partial charge in [0.2, 0.25) is 0 Å². The Balaban J connectivity index is 1.46. The van der Waals surface area contributed by atoms with Crippen LogP contribution in [0.5, 0.6) is 0 Å². The maximum absolute atomic E-state index is 12.3. The van der Waals surface area contributed by atoms with Crippen LogP contribution >= 0.6 is 23.4 Å². The molecule has 7 nitrogen and oxygen atoms in total. The van der Waals surface area contributed by atoms with Crippen molar-refractivity contribution in [2.45, 2.75) is 43.3 Å². The van der Waals surface area contributed by atoms with Crippen molar-refractivity contribution in [3.8, 4) is 11.4 Å². The number of halogens is 1. The van der Waals surface area contributed by atoms with E-state index in [0.29, 0.717) is 11.1 Å². The van der Waals surface area contributed by atoms with E-state index in [1.165, 1.54) is 31.0 Å². The van der Waals surface area contributed by atoms with Gasteiger partial charge in [0.1, 0.15) is 0 Å². The van der Waals surface area contributed by atoms with E-state index < -0.39 is 0 Å². The highest BCUT2D eigenvalue weighted by molar-refractivity contribution is 7.99. The van der Waals surface area contributed by atoms with Gasteiger partial charge in [-0.2, -0.15) is 5.10 Å². The molecule has 3 aromatic rings. The molecule has 1 N–H and O–H groups in total. The van der Waals surface area contributed by atoms with E-state index in [2.05, 4.69) is 30.3 Å². The smallest absolute Gasteiger partial charge is 0.250 e. The minimum Gasteiger partial charge on any atom is -0.299 e. The van der Waals surface area contributed by atoms with Crippen molar-refractivity contribution < 1.29 is 4.79 Å². The number of carbonyl (C=O) groups excluding carboxylic acids is 1. The normalized spacial score (nSPS) is 14.7. The van der Waals surface area contributed by atoms with Crippen molar-refractivity contribution in [3.63, 3.8) is 0 Å². The molecule has 1 amide bonds. The number of amides is 1. The van der Waals surface area contributed by atoms with E-state index in [0.717, 1.165) is 34.9 Å². The summed E-state index contributed by atoms with van der Waals surface area (Å²) in [5.74, 6) is 0.827. The van der Waals surface area contributed by atoms with Crippen LogP contribution in [-0.4, -0.2) is 37.6 Å². The number of hydrogen-bond donors (Lipinski definition) is 1. The van der Waals surface area contributed by atoms with Gasteiger partial charge in [-0.25, -0.2) is 5.43 Å².